The third-order valence-electron chi connectivity index (χ3n) is 7.24. The topological polar surface area (TPSA) is 144 Å². The SMILES string of the molecule is O=C(Cc1ccccc1)Nc1cncc(-c2ccc3[nH]nc(-c4nc5c(-c6ccc7c(c6)OCO7)cncc5[nH]4)c3n2)c1. The van der Waals surface area contributed by atoms with E-state index < -0.39 is 0 Å². The summed E-state index contributed by atoms with van der Waals surface area (Å²) in [6.45, 7) is 0.207. The molecule has 1 amide bonds. The molecule has 11 nitrogen and oxygen atoms in total. The van der Waals surface area contributed by atoms with Crippen LogP contribution in [0.4, 0.5) is 5.69 Å². The molecule has 0 unspecified atom stereocenters. The summed E-state index contributed by atoms with van der Waals surface area (Å²) in [5.74, 6) is 1.84. The smallest absolute Gasteiger partial charge is 0.231 e. The predicted molar refractivity (Wildman–Crippen MR) is 160 cm³/mol. The Balaban J connectivity index is 1.11. The van der Waals surface area contributed by atoms with Crippen LogP contribution in [0.5, 0.6) is 11.5 Å². The lowest BCUT2D eigenvalue weighted by Gasteiger charge is -2.07. The number of carbonyl (C=O) groups is 1. The number of benzene rings is 2. The first-order chi connectivity index (χ1) is 21.2. The van der Waals surface area contributed by atoms with E-state index in [2.05, 4.69) is 30.5 Å². The van der Waals surface area contributed by atoms with E-state index in [4.69, 9.17) is 19.4 Å². The van der Waals surface area contributed by atoms with E-state index in [9.17, 15) is 4.79 Å². The molecule has 0 fully saturated rings. The van der Waals surface area contributed by atoms with Gasteiger partial charge in [-0.2, -0.15) is 5.10 Å². The van der Waals surface area contributed by atoms with Crippen molar-refractivity contribution in [3.8, 4) is 45.4 Å². The Morgan fingerprint density at radius 2 is 1.70 bits per heavy atom. The van der Waals surface area contributed by atoms with E-state index in [1.165, 1.54) is 0 Å². The highest BCUT2D eigenvalue weighted by Gasteiger charge is 2.19. The van der Waals surface area contributed by atoms with E-state index in [0.717, 1.165) is 38.8 Å². The molecule has 2 aromatic carbocycles. The zero-order chi connectivity index (χ0) is 28.8. The summed E-state index contributed by atoms with van der Waals surface area (Å²) in [6.07, 6.45) is 7.12. The van der Waals surface area contributed by atoms with Crippen LogP contribution in [-0.2, 0) is 11.2 Å². The minimum atomic E-state index is -0.120. The van der Waals surface area contributed by atoms with Crippen molar-refractivity contribution in [2.24, 2.45) is 0 Å². The molecule has 0 atom stereocenters. The second kappa shape index (κ2) is 10.1. The zero-order valence-electron chi connectivity index (χ0n) is 22.5. The number of imidazole rings is 1. The van der Waals surface area contributed by atoms with Gasteiger partial charge in [-0.1, -0.05) is 36.4 Å². The van der Waals surface area contributed by atoms with E-state index in [1.807, 2.05) is 66.7 Å². The number of hydrogen-bond donors (Lipinski definition) is 3. The highest BCUT2D eigenvalue weighted by molar-refractivity contribution is 5.96. The first-order valence-corrected chi connectivity index (χ1v) is 13.6. The van der Waals surface area contributed by atoms with Crippen molar-refractivity contribution in [3.05, 3.63) is 97.1 Å². The van der Waals surface area contributed by atoms with E-state index in [0.29, 0.717) is 39.9 Å². The molecule has 0 bridgehead atoms. The van der Waals surface area contributed by atoms with Crippen molar-refractivity contribution in [2.75, 3.05) is 12.1 Å². The van der Waals surface area contributed by atoms with Crippen LogP contribution < -0.4 is 14.8 Å². The molecule has 3 N–H and O–H groups in total. The molecule has 7 aromatic rings. The van der Waals surface area contributed by atoms with E-state index in [1.54, 1.807) is 24.8 Å². The van der Waals surface area contributed by atoms with E-state index >= 15 is 0 Å². The largest absolute Gasteiger partial charge is 0.454 e. The van der Waals surface area contributed by atoms with Crippen molar-refractivity contribution in [2.45, 2.75) is 6.42 Å². The Morgan fingerprint density at radius 1 is 0.814 bits per heavy atom. The summed E-state index contributed by atoms with van der Waals surface area (Å²) in [6, 6.07) is 21.0. The van der Waals surface area contributed by atoms with Gasteiger partial charge in [0, 0.05) is 23.5 Å². The van der Waals surface area contributed by atoms with Gasteiger partial charge in [-0.15, -0.1) is 0 Å². The molecule has 0 saturated carbocycles. The second-order valence-corrected chi connectivity index (χ2v) is 10.1. The standard InChI is InChI=1S/C32H22N8O3/c41-28(10-18-4-2-1-3-5-18)35-21-11-20(13-33-14-21)23-7-8-24-30(36-23)31(40-39-24)32-37-25-16-34-15-22(29(25)38-32)19-6-9-26-27(12-19)43-17-42-26/h1-9,11-16H,10,17H2,(H,35,41)(H,37,38)(H,39,40). The fourth-order valence-electron chi connectivity index (χ4n) is 5.18. The van der Waals surface area contributed by atoms with Crippen molar-refractivity contribution >= 4 is 33.7 Å². The molecule has 1 aliphatic heterocycles. The second-order valence-electron chi connectivity index (χ2n) is 10.1. The van der Waals surface area contributed by atoms with Crippen molar-refractivity contribution < 1.29 is 14.3 Å². The number of nitrogens with one attached hydrogen (secondary N) is 3. The van der Waals surface area contributed by atoms with Gasteiger partial charge in [0.05, 0.1) is 46.7 Å². The number of anilines is 1. The van der Waals surface area contributed by atoms with Gasteiger partial charge < -0.3 is 19.8 Å². The van der Waals surface area contributed by atoms with Crippen LogP contribution in [0.2, 0.25) is 0 Å². The first kappa shape index (κ1) is 24.7. The quantitative estimate of drug-likeness (QED) is 0.238. The van der Waals surface area contributed by atoms with Crippen LogP contribution in [0.25, 0.3) is 56.0 Å². The maximum absolute atomic E-state index is 12.6. The van der Waals surface area contributed by atoms with Gasteiger partial charge in [-0.3, -0.25) is 19.9 Å². The summed E-state index contributed by atoms with van der Waals surface area (Å²) in [5.41, 5.74) is 8.22. The first-order valence-electron chi connectivity index (χ1n) is 13.6. The summed E-state index contributed by atoms with van der Waals surface area (Å²) < 4.78 is 11.0. The molecular formula is C32H22N8O3. The molecule has 6 heterocycles. The molecule has 5 aromatic heterocycles. The van der Waals surface area contributed by atoms with Crippen LogP contribution in [0, 0.1) is 0 Å². The fourth-order valence-corrected chi connectivity index (χ4v) is 5.18. The fraction of sp³-hybridized carbons (Fsp3) is 0.0625. The Labute approximate surface area is 244 Å². The summed E-state index contributed by atoms with van der Waals surface area (Å²) in [5, 5.41) is 10.5. The van der Waals surface area contributed by atoms with Gasteiger partial charge >= 0.3 is 0 Å². The average Bonchev–Trinajstić information content (AvgIpc) is 3.79. The number of carbonyl (C=O) groups excluding carboxylic acids is 1. The number of ether oxygens (including phenoxy) is 2. The highest BCUT2D eigenvalue weighted by atomic mass is 16.7. The number of hydrogen-bond acceptors (Lipinski definition) is 8. The average molecular weight is 567 g/mol. The van der Waals surface area contributed by atoms with Gasteiger partial charge in [-0.25, -0.2) is 9.97 Å². The van der Waals surface area contributed by atoms with Crippen LogP contribution in [0.15, 0.2) is 91.5 Å². The molecule has 1 aliphatic rings. The number of nitrogens with zero attached hydrogens (tertiary/aromatic N) is 5. The Bertz CT molecular complexity index is 2160. The molecular weight excluding hydrogens is 544 g/mol. The molecule has 0 radical (unpaired) electrons. The van der Waals surface area contributed by atoms with Crippen LogP contribution >= 0.6 is 0 Å². The van der Waals surface area contributed by atoms with Crippen molar-refractivity contribution in [1.29, 1.82) is 0 Å². The van der Waals surface area contributed by atoms with Crippen LogP contribution in [0.3, 0.4) is 0 Å². The van der Waals surface area contributed by atoms with Crippen LogP contribution in [0.1, 0.15) is 5.56 Å². The third kappa shape index (κ3) is 4.58. The normalized spacial score (nSPS) is 12.2. The Kier molecular flexibility index (Phi) is 5.78. The molecule has 0 spiro atoms. The Hall–Kier alpha value is -6.10. The Morgan fingerprint density at radius 3 is 2.63 bits per heavy atom. The number of rotatable bonds is 6. The summed E-state index contributed by atoms with van der Waals surface area (Å²) >= 11 is 0. The summed E-state index contributed by atoms with van der Waals surface area (Å²) in [7, 11) is 0. The number of fused-ring (bicyclic) bond motifs is 3. The van der Waals surface area contributed by atoms with Gasteiger partial charge in [0.15, 0.2) is 23.0 Å². The molecule has 0 aliphatic carbocycles. The lowest BCUT2D eigenvalue weighted by atomic mass is 10.1. The third-order valence-corrected chi connectivity index (χ3v) is 7.24. The molecule has 43 heavy (non-hydrogen) atoms. The van der Waals surface area contributed by atoms with Gasteiger partial charge in [0.25, 0.3) is 0 Å². The van der Waals surface area contributed by atoms with E-state index in [-0.39, 0.29) is 19.1 Å². The molecule has 8 rings (SSSR count). The maximum atomic E-state index is 12.6. The maximum Gasteiger partial charge on any atom is 0.231 e. The number of pyridine rings is 3. The number of amides is 1. The lowest BCUT2D eigenvalue weighted by Crippen LogP contribution is -2.14. The van der Waals surface area contributed by atoms with Crippen molar-refractivity contribution in [1.82, 2.24) is 35.1 Å². The number of H-pyrrole nitrogens is 2. The predicted octanol–water partition coefficient (Wildman–Crippen LogP) is 5.54. The van der Waals surface area contributed by atoms with Crippen LogP contribution in [-0.4, -0.2) is 47.8 Å². The monoisotopic (exact) mass is 566 g/mol. The lowest BCUT2D eigenvalue weighted by molar-refractivity contribution is -0.115. The number of aromatic amines is 2. The molecule has 11 heteroatoms. The zero-order valence-corrected chi connectivity index (χ0v) is 22.5. The molecule has 208 valence electrons. The highest BCUT2D eigenvalue weighted by Crippen LogP contribution is 2.38. The summed E-state index contributed by atoms with van der Waals surface area (Å²) in [4.78, 5) is 34.5. The van der Waals surface area contributed by atoms with Gasteiger partial charge in [0.2, 0.25) is 12.7 Å². The minimum Gasteiger partial charge on any atom is -0.454 e. The van der Waals surface area contributed by atoms with Crippen molar-refractivity contribution in [3.63, 3.8) is 0 Å². The number of aromatic nitrogens is 7. The van der Waals surface area contributed by atoms with Gasteiger partial charge in [0.1, 0.15) is 5.52 Å². The molecule has 0 saturated heterocycles. The van der Waals surface area contributed by atoms with Gasteiger partial charge in [-0.05, 0) is 41.5 Å². The minimum absolute atomic E-state index is 0.120.